The molecule has 0 heterocycles. The van der Waals surface area contributed by atoms with E-state index >= 15 is 0 Å². The summed E-state index contributed by atoms with van der Waals surface area (Å²) >= 11 is 0. The monoisotopic (exact) mass is 318 g/mol. The molecular formula is C18H16N2Ni. The summed E-state index contributed by atoms with van der Waals surface area (Å²) in [6.45, 7) is 0. The molecule has 2 nitrogen and oxygen atoms in total. The molecule has 108 valence electrons. The van der Waals surface area contributed by atoms with Crippen LogP contribution >= 0.6 is 0 Å². The first-order chi connectivity index (χ1) is 9.86. The minimum Gasteiger partial charge on any atom is -0.287 e. The molecule has 2 aromatic rings. The van der Waals surface area contributed by atoms with Gasteiger partial charge in [-0.25, -0.2) is 10.5 Å². The fourth-order valence-electron chi connectivity index (χ4n) is 1.56. The Bertz CT molecular complexity index is 500. The van der Waals surface area contributed by atoms with Crippen molar-refractivity contribution >= 4 is 0 Å². The summed E-state index contributed by atoms with van der Waals surface area (Å²) < 4.78 is 0. The van der Waals surface area contributed by atoms with E-state index in [-0.39, 0.29) is 16.5 Å². The van der Waals surface area contributed by atoms with Gasteiger partial charge in [0.25, 0.3) is 0 Å². The molecule has 0 atom stereocenters. The molecule has 0 radical (unpaired) electrons. The molecule has 0 saturated heterocycles. The van der Waals surface area contributed by atoms with Gasteiger partial charge in [0.15, 0.2) is 0 Å². The number of nitrogens with zero attached hydrogens (tertiary/aromatic N) is 2. The quantitative estimate of drug-likeness (QED) is 0.633. The van der Waals surface area contributed by atoms with Crippen molar-refractivity contribution in [3.05, 3.63) is 84.6 Å². The van der Waals surface area contributed by atoms with Crippen molar-refractivity contribution in [2.24, 2.45) is 0 Å². The van der Waals surface area contributed by atoms with Gasteiger partial charge in [-0.1, -0.05) is 71.8 Å². The minimum absolute atomic E-state index is 0. The van der Waals surface area contributed by atoms with Crippen molar-refractivity contribution in [2.75, 3.05) is 0 Å². The molecule has 0 aliphatic rings. The Balaban J connectivity index is 0.000000364. The van der Waals surface area contributed by atoms with Gasteiger partial charge in [0.05, 0.1) is 0 Å². The van der Waals surface area contributed by atoms with Crippen LogP contribution in [0.25, 0.3) is 0 Å². The third-order valence-corrected chi connectivity index (χ3v) is 2.54. The maximum atomic E-state index is 8.22. The van der Waals surface area contributed by atoms with Crippen LogP contribution in [0.1, 0.15) is 11.1 Å². The Morgan fingerprint density at radius 3 is 1.29 bits per heavy atom. The molecule has 0 amide bonds. The number of hydrogen-bond acceptors (Lipinski definition) is 2. The van der Waals surface area contributed by atoms with E-state index in [0.29, 0.717) is 0 Å². The number of hydrogen-bond donors (Lipinski definition) is 0. The number of nitriles is 2. The van der Waals surface area contributed by atoms with Gasteiger partial charge in [0.2, 0.25) is 0 Å². The second kappa shape index (κ2) is 12.7. The average molecular weight is 319 g/mol. The maximum absolute atomic E-state index is 8.22. The van der Waals surface area contributed by atoms with Crippen molar-refractivity contribution in [1.29, 1.82) is 10.5 Å². The van der Waals surface area contributed by atoms with Crippen molar-refractivity contribution in [3.8, 4) is 12.1 Å². The first-order valence-electron chi connectivity index (χ1n) is 6.37. The first-order valence-corrected chi connectivity index (χ1v) is 6.37. The van der Waals surface area contributed by atoms with E-state index in [2.05, 4.69) is 0 Å². The van der Waals surface area contributed by atoms with E-state index in [1.165, 1.54) is 11.1 Å². The Morgan fingerprint density at radius 1 is 0.667 bits per heavy atom. The van der Waals surface area contributed by atoms with Gasteiger partial charge in [-0.15, -0.1) is 25.0 Å². The fraction of sp³-hybridized carbons (Fsp3) is 0.111. The zero-order valence-electron chi connectivity index (χ0n) is 11.6. The van der Waals surface area contributed by atoms with Crippen LogP contribution in [0, 0.1) is 35.5 Å². The summed E-state index contributed by atoms with van der Waals surface area (Å²) in [7, 11) is 0. The van der Waals surface area contributed by atoms with Gasteiger partial charge in [-0.05, 0) is 0 Å². The second-order valence-electron chi connectivity index (χ2n) is 4.05. The molecule has 0 bridgehead atoms. The molecule has 0 unspecified atom stereocenters. The molecule has 3 heteroatoms. The zero-order chi connectivity index (χ0) is 14.5. The Kier molecular flexibility index (Phi) is 11.3. The fourth-order valence-corrected chi connectivity index (χ4v) is 1.56. The topological polar surface area (TPSA) is 47.6 Å². The van der Waals surface area contributed by atoms with E-state index in [0.717, 1.165) is 12.8 Å². The van der Waals surface area contributed by atoms with Gasteiger partial charge in [-0.3, -0.25) is 12.8 Å². The van der Waals surface area contributed by atoms with E-state index in [4.69, 9.17) is 10.5 Å². The smallest absolute Gasteiger partial charge is 0.287 e. The van der Waals surface area contributed by atoms with Crippen molar-refractivity contribution in [2.45, 2.75) is 12.8 Å². The van der Waals surface area contributed by atoms with Crippen LogP contribution < -0.4 is 0 Å². The molecule has 2 rings (SSSR count). The van der Waals surface area contributed by atoms with Crippen LogP contribution in [0.2, 0.25) is 0 Å². The summed E-state index contributed by atoms with van der Waals surface area (Å²) in [6.07, 6.45) is 4.68. The summed E-state index contributed by atoms with van der Waals surface area (Å²) in [5, 5.41) is 16.4. The number of rotatable bonds is 4. The van der Waals surface area contributed by atoms with E-state index in [9.17, 15) is 0 Å². The normalized spacial score (nSPS) is 7.90. The second-order valence-corrected chi connectivity index (χ2v) is 4.05. The third kappa shape index (κ3) is 9.23. The first kappa shape index (κ1) is 18.7. The van der Waals surface area contributed by atoms with Crippen LogP contribution in [-0.2, 0) is 29.3 Å². The average Bonchev–Trinajstić information content (AvgIpc) is 2.53. The Morgan fingerprint density at radius 2 is 1.00 bits per heavy atom. The molecule has 0 saturated carbocycles. The third-order valence-electron chi connectivity index (χ3n) is 2.54. The van der Waals surface area contributed by atoms with E-state index in [1.807, 2.05) is 72.8 Å². The molecule has 0 aliphatic heterocycles. The molecule has 0 N–H and O–H groups in total. The number of benzene rings is 2. The summed E-state index contributed by atoms with van der Waals surface area (Å²) in [5.74, 6) is 0. The van der Waals surface area contributed by atoms with Crippen molar-refractivity contribution in [3.63, 3.8) is 0 Å². The van der Waals surface area contributed by atoms with E-state index < -0.39 is 0 Å². The van der Waals surface area contributed by atoms with Crippen LogP contribution in [0.5, 0.6) is 0 Å². The molecule has 0 aromatic heterocycles. The van der Waals surface area contributed by atoms with Gasteiger partial charge >= 0.3 is 16.5 Å². The predicted octanol–water partition coefficient (Wildman–Crippen LogP) is 3.91. The predicted molar refractivity (Wildman–Crippen MR) is 80.1 cm³/mol. The maximum Gasteiger partial charge on any atom is 2.00 e. The van der Waals surface area contributed by atoms with Crippen molar-refractivity contribution in [1.82, 2.24) is 0 Å². The minimum atomic E-state index is 0. The molecule has 0 spiro atoms. The standard InChI is InChI=1S/2C9H8N.Ni/c2*10-8-4-7-9-5-2-1-3-6-9;/h2*1-6H,7H2;/q2*-1;+2. The largest absolute Gasteiger partial charge is 2.00 e. The SMILES string of the molecule is N#C[CH-]Cc1ccccc1.N#C[CH-]Cc1ccccc1.[Ni+2]. The van der Waals surface area contributed by atoms with Gasteiger partial charge < -0.3 is 0 Å². The molecule has 0 fully saturated rings. The summed E-state index contributed by atoms with van der Waals surface area (Å²) in [6, 6.07) is 23.8. The Labute approximate surface area is 137 Å². The van der Waals surface area contributed by atoms with Crippen LogP contribution in [0.3, 0.4) is 0 Å². The van der Waals surface area contributed by atoms with Gasteiger partial charge in [-0.2, -0.15) is 0 Å². The molecule has 21 heavy (non-hydrogen) atoms. The summed E-state index contributed by atoms with van der Waals surface area (Å²) in [5.41, 5.74) is 2.37. The summed E-state index contributed by atoms with van der Waals surface area (Å²) in [4.78, 5) is 0. The molecular weight excluding hydrogens is 303 g/mol. The van der Waals surface area contributed by atoms with Gasteiger partial charge in [0.1, 0.15) is 0 Å². The van der Waals surface area contributed by atoms with Crippen LogP contribution in [-0.4, -0.2) is 0 Å². The molecule has 0 aliphatic carbocycles. The Hall–Kier alpha value is -2.35. The van der Waals surface area contributed by atoms with E-state index in [1.54, 1.807) is 12.8 Å². The molecule has 2 aromatic carbocycles. The van der Waals surface area contributed by atoms with Crippen molar-refractivity contribution < 1.29 is 16.5 Å². The van der Waals surface area contributed by atoms with Crippen LogP contribution in [0.4, 0.5) is 0 Å². The van der Waals surface area contributed by atoms with Crippen LogP contribution in [0.15, 0.2) is 60.7 Å². The zero-order valence-corrected chi connectivity index (χ0v) is 12.5. The van der Waals surface area contributed by atoms with Gasteiger partial charge in [0, 0.05) is 0 Å².